The highest BCUT2D eigenvalue weighted by Gasteiger charge is 2.19. The summed E-state index contributed by atoms with van der Waals surface area (Å²) >= 11 is 0. The lowest BCUT2D eigenvalue weighted by atomic mass is 10.0. The van der Waals surface area contributed by atoms with Crippen molar-refractivity contribution in [3.63, 3.8) is 0 Å². The second-order valence-corrected chi connectivity index (χ2v) is 7.86. The molecule has 0 spiro atoms. The van der Waals surface area contributed by atoms with Crippen molar-refractivity contribution in [3.8, 4) is 0 Å². The van der Waals surface area contributed by atoms with Crippen LogP contribution in [0.1, 0.15) is 31.4 Å². The Labute approximate surface area is 175 Å². The molecule has 1 N–H and O–H groups in total. The van der Waals surface area contributed by atoms with Gasteiger partial charge in [0.2, 0.25) is 5.91 Å². The summed E-state index contributed by atoms with van der Waals surface area (Å²) in [5.41, 5.74) is 3.57. The molecule has 3 rings (SSSR count). The molecule has 0 aromatic heterocycles. The lowest BCUT2D eigenvalue weighted by Gasteiger charge is -2.36. The maximum Gasteiger partial charge on any atom is 0.244 e. The van der Waals surface area contributed by atoms with Gasteiger partial charge in [-0.25, -0.2) is 0 Å². The second-order valence-electron chi connectivity index (χ2n) is 7.86. The normalized spacial score (nSPS) is 17.1. The van der Waals surface area contributed by atoms with E-state index in [0.29, 0.717) is 0 Å². The number of carbonyl (C=O) groups is 1. The molecule has 0 unspecified atom stereocenters. The van der Waals surface area contributed by atoms with Gasteiger partial charge in [-0.15, -0.1) is 0 Å². The van der Waals surface area contributed by atoms with E-state index in [0.717, 1.165) is 56.8 Å². The first-order valence-corrected chi connectivity index (χ1v) is 10.7. The summed E-state index contributed by atoms with van der Waals surface area (Å²) in [6, 6.07) is 20.9. The zero-order valence-electron chi connectivity index (χ0n) is 17.7. The molecule has 2 aromatic carbocycles. The highest BCUT2D eigenvalue weighted by molar-refractivity contribution is 5.95. The number of hydrogen-bond acceptors (Lipinski definition) is 3. The summed E-state index contributed by atoms with van der Waals surface area (Å²) in [6.07, 6.45) is 2.60. The zero-order valence-corrected chi connectivity index (χ0v) is 17.7. The van der Waals surface area contributed by atoms with Crippen molar-refractivity contribution in [1.82, 2.24) is 15.1 Å². The molecule has 29 heavy (non-hydrogen) atoms. The van der Waals surface area contributed by atoms with Crippen molar-refractivity contribution in [1.29, 1.82) is 0 Å². The third kappa shape index (κ3) is 6.84. The van der Waals surface area contributed by atoms with E-state index < -0.39 is 0 Å². The fraction of sp³-hybridized carbons (Fsp3) is 0.400. The van der Waals surface area contributed by atoms with Gasteiger partial charge in [-0.3, -0.25) is 14.6 Å². The van der Waals surface area contributed by atoms with Crippen molar-refractivity contribution in [2.75, 3.05) is 32.7 Å². The van der Waals surface area contributed by atoms with Gasteiger partial charge in [0.05, 0.1) is 0 Å². The minimum absolute atomic E-state index is 0.000849. The van der Waals surface area contributed by atoms with Gasteiger partial charge in [0.25, 0.3) is 0 Å². The number of carbonyl (C=O) groups excluding carboxylic acids is 1. The van der Waals surface area contributed by atoms with Crippen LogP contribution in [-0.2, 0) is 11.3 Å². The Balaban J connectivity index is 1.43. The summed E-state index contributed by atoms with van der Waals surface area (Å²) in [5, 5.41) is 3.14. The van der Waals surface area contributed by atoms with Crippen LogP contribution in [0.5, 0.6) is 0 Å². The quantitative estimate of drug-likeness (QED) is 0.695. The van der Waals surface area contributed by atoms with Crippen LogP contribution in [0.15, 0.2) is 66.7 Å². The molecule has 4 heteroatoms. The number of allylic oxidation sites excluding steroid dienone is 1. The monoisotopic (exact) mass is 391 g/mol. The molecule has 1 amide bonds. The maximum atomic E-state index is 12.5. The van der Waals surface area contributed by atoms with E-state index >= 15 is 0 Å². The number of piperazine rings is 1. The highest BCUT2D eigenvalue weighted by atomic mass is 16.1. The zero-order chi connectivity index (χ0) is 20.5. The SMILES string of the molecule is CC/C(=C\C(=O)N[C@@H](C)CN1CCN(Cc2ccccc2)CC1)c1ccccc1. The van der Waals surface area contributed by atoms with Crippen molar-refractivity contribution in [2.24, 2.45) is 0 Å². The van der Waals surface area contributed by atoms with Crippen LogP contribution in [0.3, 0.4) is 0 Å². The average Bonchev–Trinajstić information content (AvgIpc) is 2.74. The molecule has 154 valence electrons. The van der Waals surface area contributed by atoms with Crippen LogP contribution in [0.4, 0.5) is 0 Å². The Bertz CT molecular complexity index is 780. The summed E-state index contributed by atoms with van der Waals surface area (Å²) in [4.78, 5) is 17.4. The first-order valence-electron chi connectivity index (χ1n) is 10.7. The lowest BCUT2D eigenvalue weighted by molar-refractivity contribution is -0.117. The van der Waals surface area contributed by atoms with Gasteiger partial charge in [-0.05, 0) is 30.0 Å². The molecule has 1 aliphatic heterocycles. The van der Waals surface area contributed by atoms with Gasteiger partial charge in [0.1, 0.15) is 0 Å². The Kier molecular flexibility index (Phi) is 8.03. The van der Waals surface area contributed by atoms with E-state index in [2.05, 4.69) is 71.4 Å². The summed E-state index contributed by atoms with van der Waals surface area (Å²) in [7, 11) is 0. The number of benzene rings is 2. The van der Waals surface area contributed by atoms with E-state index in [1.54, 1.807) is 6.08 Å². The Hall–Kier alpha value is -2.43. The van der Waals surface area contributed by atoms with Crippen LogP contribution >= 0.6 is 0 Å². The number of nitrogens with zero attached hydrogens (tertiary/aromatic N) is 2. The van der Waals surface area contributed by atoms with Crippen LogP contribution in [0.2, 0.25) is 0 Å². The van der Waals surface area contributed by atoms with Gasteiger partial charge < -0.3 is 5.32 Å². The Morgan fingerprint density at radius 1 is 0.966 bits per heavy atom. The molecule has 2 aromatic rings. The average molecular weight is 392 g/mol. The highest BCUT2D eigenvalue weighted by Crippen LogP contribution is 2.17. The van der Waals surface area contributed by atoms with Gasteiger partial charge in [-0.2, -0.15) is 0 Å². The number of rotatable bonds is 8. The van der Waals surface area contributed by atoms with Gasteiger partial charge >= 0.3 is 0 Å². The van der Waals surface area contributed by atoms with E-state index in [1.165, 1.54) is 5.56 Å². The van der Waals surface area contributed by atoms with Crippen LogP contribution in [0, 0.1) is 0 Å². The molecule has 4 nitrogen and oxygen atoms in total. The minimum atomic E-state index is 0.000849. The van der Waals surface area contributed by atoms with Crippen molar-refractivity contribution in [2.45, 2.75) is 32.9 Å². The molecular formula is C25H33N3O. The molecule has 1 aliphatic rings. The van der Waals surface area contributed by atoms with Gasteiger partial charge in [0, 0.05) is 51.4 Å². The topological polar surface area (TPSA) is 35.6 Å². The largest absolute Gasteiger partial charge is 0.349 e. The molecular weight excluding hydrogens is 358 g/mol. The van der Waals surface area contributed by atoms with E-state index in [4.69, 9.17) is 0 Å². The first-order chi connectivity index (χ1) is 14.1. The Morgan fingerprint density at radius 2 is 1.55 bits per heavy atom. The van der Waals surface area contributed by atoms with Crippen molar-refractivity contribution >= 4 is 11.5 Å². The van der Waals surface area contributed by atoms with Gasteiger partial charge in [-0.1, -0.05) is 67.6 Å². The fourth-order valence-corrected chi connectivity index (χ4v) is 3.89. The van der Waals surface area contributed by atoms with E-state index in [1.807, 2.05) is 18.2 Å². The summed E-state index contributed by atoms with van der Waals surface area (Å²) in [6.45, 7) is 10.3. The number of amides is 1. The first kappa shape index (κ1) is 21.3. The van der Waals surface area contributed by atoms with Crippen molar-refractivity contribution in [3.05, 3.63) is 77.9 Å². The molecule has 1 atom stereocenters. The molecule has 0 bridgehead atoms. The Morgan fingerprint density at radius 3 is 2.17 bits per heavy atom. The minimum Gasteiger partial charge on any atom is -0.349 e. The molecule has 0 aliphatic carbocycles. The van der Waals surface area contributed by atoms with E-state index in [9.17, 15) is 4.79 Å². The smallest absolute Gasteiger partial charge is 0.244 e. The predicted molar refractivity (Wildman–Crippen MR) is 120 cm³/mol. The molecule has 0 radical (unpaired) electrons. The maximum absolute atomic E-state index is 12.5. The van der Waals surface area contributed by atoms with Crippen molar-refractivity contribution < 1.29 is 4.79 Å². The summed E-state index contributed by atoms with van der Waals surface area (Å²) in [5.74, 6) is 0.000849. The number of hydrogen-bond donors (Lipinski definition) is 1. The molecule has 1 heterocycles. The molecule has 0 saturated carbocycles. The standard InChI is InChI=1S/C25H33N3O/c1-3-23(24-12-8-5-9-13-24)18-25(29)26-21(2)19-27-14-16-28(17-15-27)20-22-10-6-4-7-11-22/h4-13,18,21H,3,14-17,19-20H2,1-2H3,(H,26,29)/b23-18+/t21-/m0/s1. The fourth-order valence-electron chi connectivity index (χ4n) is 3.89. The number of nitrogens with one attached hydrogen (secondary N) is 1. The summed E-state index contributed by atoms with van der Waals surface area (Å²) < 4.78 is 0. The lowest BCUT2D eigenvalue weighted by Crippen LogP contribution is -2.50. The van der Waals surface area contributed by atoms with Crippen LogP contribution in [-0.4, -0.2) is 54.5 Å². The third-order valence-corrected chi connectivity index (χ3v) is 5.47. The molecule has 1 fully saturated rings. The predicted octanol–water partition coefficient (Wildman–Crippen LogP) is 3.80. The molecule has 1 saturated heterocycles. The van der Waals surface area contributed by atoms with E-state index in [-0.39, 0.29) is 11.9 Å². The second kappa shape index (κ2) is 10.9. The third-order valence-electron chi connectivity index (χ3n) is 5.47. The van der Waals surface area contributed by atoms with Crippen LogP contribution in [0.25, 0.3) is 5.57 Å². The van der Waals surface area contributed by atoms with Gasteiger partial charge in [0.15, 0.2) is 0 Å². The van der Waals surface area contributed by atoms with Crippen LogP contribution < -0.4 is 5.32 Å².